The fourth-order valence-electron chi connectivity index (χ4n) is 2.89. The van der Waals surface area contributed by atoms with Gasteiger partial charge in [0.1, 0.15) is 5.82 Å². The number of hydrogen-bond acceptors (Lipinski definition) is 4. The van der Waals surface area contributed by atoms with Crippen LogP contribution in [0.15, 0.2) is 0 Å². The predicted octanol–water partition coefficient (Wildman–Crippen LogP) is 3.40. The van der Waals surface area contributed by atoms with Gasteiger partial charge in [0.25, 0.3) is 0 Å². The van der Waals surface area contributed by atoms with Crippen molar-refractivity contribution in [1.82, 2.24) is 9.97 Å². The van der Waals surface area contributed by atoms with Crippen LogP contribution >= 0.6 is 11.8 Å². The van der Waals surface area contributed by atoms with Gasteiger partial charge in [-0.3, -0.25) is 4.79 Å². The zero-order valence-corrected chi connectivity index (χ0v) is 13.7. The smallest absolute Gasteiger partial charge is 0.307 e. The second-order valence-electron chi connectivity index (χ2n) is 5.51. The summed E-state index contributed by atoms with van der Waals surface area (Å²) in [6.45, 7) is 4.06. The molecule has 0 unspecified atom stereocenters. The van der Waals surface area contributed by atoms with Gasteiger partial charge in [-0.1, -0.05) is 26.7 Å². The number of hydrogen-bond donors (Lipinski definition) is 1. The van der Waals surface area contributed by atoms with E-state index in [-0.39, 0.29) is 6.42 Å². The molecule has 0 spiro atoms. The minimum absolute atomic E-state index is 0.0302. The third kappa shape index (κ3) is 4.43. The first kappa shape index (κ1) is 16.3. The number of carboxylic acid groups (broad SMARTS) is 1. The maximum Gasteiger partial charge on any atom is 0.307 e. The summed E-state index contributed by atoms with van der Waals surface area (Å²) < 4.78 is 0. The van der Waals surface area contributed by atoms with E-state index in [1.807, 2.05) is 25.6 Å². The van der Waals surface area contributed by atoms with E-state index in [1.165, 1.54) is 25.7 Å². The number of carboxylic acids is 1. The number of thioether (sulfide) groups is 1. The molecular formula is C16H24N2O2S. The second-order valence-corrected chi connectivity index (χ2v) is 6.80. The maximum atomic E-state index is 11.0. The topological polar surface area (TPSA) is 63.1 Å². The molecule has 0 radical (unpaired) electrons. The van der Waals surface area contributed by atoms with Crippen LogP contribution in [0.25, 0.3) is 0 Å². The summed E-state index contributed by atoms with van der Waals surface area (Å²) in [5.74, 6) is 0.906. The number of aryl methyl sites for hydroxylation is 2. The summed E-state index contributed by atoms with van der Waals surface area (Å²) in [4.78, 5) is 20.3. The third-order valence-electron chi connectivity index (χ3n) is 3.97. The average Bonchev–Trinajstić information content (AvgIpc) is 2.98. The summed E-state index contributed by atoms with van der Waals surface area (Å²) in [5, 5.41) is 9.82. The molecule has 116 valence electrons. The van der Waals surface area contributed by atoms with Gasteiger partial charge in [-0.15, -0.1) is 0 Å². The molecule has 1 saturated carbocycles. The molecule has 1 aromatic rings. The van der Waals surface area contributed by atoms with E-state index in [4.69, 9.17) is 5.11 Å². The normalized spacial score (nSPS) is 15.5. The Morgan fingerprint density at radius 2 is 1.76 bits per heavy atom. The van der Waals surface area contributed by atoms with E-state index in [0.29, 0.717) is 0 Å². The molecule has 0 bridgehead atoms. The van der Waals surface area contributed by atoms with Gasteiger partial charge in [-0.05, 0) is 25.7 Å². The quantitative estimate of drug-likeness (QED) is 0.836. The molecule has 0 amide bonds. The van der Waals surface area contributed by atoms with Crippen LogP contribution in [-0.2, 0) is 29.8 Å². The Balaban J connectivity index is 2.16. The number of nitrogens with zero attached hydrogens (tertiary/aromatic N) is 2. The fourth-order valence-corrected chi connectivity index (χ4v) is 4.07. The number of rotatable bonds is 7. The zero-order chi connectivity index (χ0) is 15.2. The Morgan fingerprint density at radius 3 is 2.24 bits per heavy atom. The van der Waals surface area contributed by atoms with Gasteiger partial charge in [-0.2, -0.15) is 11.8 Å². The van der Waals surface area contributed by atoms with E-state index >= 15 is 0 Å². The fraction of sp³-hybridized carbons (Fsp3) is 0.688. The van der Waals surface area contributed by atoms with Gasteiger partial charge >= 0.3 is 5.97 Å². The van der Waals surface area contributed by atoms with Crippen LogP contribution in [0.3, 0.4) is 0 Å². The molecule has 1 N–H and O–H groups in total. The summed E-state index contributed by atoms with van der Waals surface area (Å²) in [6.07, 6.45) is 6.86. The molecule has 5 heteroatoms. The molecule has 1 aliphatic rings. The lowest BCUT2D eigenvalue weighted by atomic mass is 10.0. The molecule has 1 heterocycles. The lowest BCUT2D eigenvalue weighted by Gasteiger charge is -2.13. The zero-order valence-electron chi connectivity index (χ0n) is 12.9. The van der Waals surface area contributed by atoms with Crippen LogP contribution in [0.5, 0.6) is 0 Å². The van der Waals surface area contributed by atoms with Crippen molar-refractivity contribution in [3.05, 3.63) is 22.8 Å². The standard InChI is InChI=1S/C16H24N2O2S/c1-3-13-12(9-16(19)20)14(4-2)18-15(17-13)10-21-11-7-5-6-8-11/h11H,3-10H2,1-2H3,(H,19,20). The van der Waals surface area contributed by atoms with E-state index < -0.39 is 5.97 Å². The van der Waals surface area contributed by atoms with E-state index in [2.05, 4.69) is 9.97 Å². The van der Waals surface area contributed by atoms with Gasteiger partial charge in [0.15, 0.2) is 0 Å². The maximum absolute atomic E-state index is 11.0. The van der Waals surface area contributed by atoms with Gasteiger partial charge in [0.2, 0.25) is 0 Å². The Hall–Kier alpha value is -1.10. The SMILES string of the molecule is CCc1nc(CSC2CCCC2)nc(CC)c1CC(=O)O. The molecule has 0 aromatic carbocycles. The summed E-state index contributed by atoms with van der Waals surface area (Å²) >= 11 is 1.95. The molecule has 21 heavy (non-hydrogen) atoms. The van der Waals surface area contributed by atoms with Crippen LogP contribution in [0.4, 0.5) is 0 Å². The highest BCUT2D eigenvalue weighted by molar-refractivity contribution is 7.99. The highest BCUT2D eigenvalue weighted by Gasteiger charge is 2.18. The number of aromatic nitrogens is 2. The summed E-state index contributed by atoms with van der Waals surface area (Å²) in [5.41, 5.74) is 2.64. The van der Waals surface area contributed by atoms with Gasteiger partial charge < -0.3 is 5.11 Å². The van der Waals surface area contributed by atoms with Gasteiger partial charge in [0.05, 0.1) is 12.2 Å². The lowest BCUT2D eigenvalue weighted by Crippen LogP contribution is -2.13. The lowest BCUT2D eigenvalue weighted by molar-refractivity contribution is -0.136. The molecule has 2 rings (SSSR count). The molecular weight excluding hydrogens is 284 g/mol. The molecule has 1 aliphatic carbocycles. The summed E-state index contributed by atoms with van der Waals surface area (Å²) in [7, 11) is 0. The van der Waals surface area contributed by atoms with Crippen LogP contribution in [0, 0.1) is 0 Å². The van der Waals surface area contributed by atoms with Crippen LogP contribution in [0.1, 0.15) is 62.3 Å². The second kappa shape index (κ2) is 7.78. The van der Waals surface area contributed by atoms with E-state index in [0.717, 1.165) is 46.6 Å². The number of aliphatic carboxylic acids is 1. The monoisotopic (exact) mass is 308 g/mol. The van der Waals surface area contributed by atoms with Crippen molar-refractivity contribution in [3.63, 3.8) is 0 Å². The van der Waals surface area contributed by atoms with Crippen molar-refractivity contribution in [2.24, 2.45) is 0 Å². The first-order valence-electron chi connectivity index (χ1n) is 7.85. The first-order chi connectivity index (χ1) is 10.1. The van der Waals surface area contributed by atoms with Crippen LogP contribution < -0.4 is 0 Å². The van der Waals surface area contributed by atoms with Crippen molar-refractivity contribution < 1.29 is 9.90 Å². The van der Waals surface area contributed by atoms with Gasteiger partial charge in [0, 0.05) is 22.2 Å². The minimum Gasteiger partial charge on any atom is -0.481 e. The van der Waals surface area contributed by atoms with Gasteiger partial charge in [-0.25, -0.2) is 9.97 Å². The Bertz CT molecular complexity index is 474. The first-order valence-corrected chi connectivity index (χ1v) is 8.89. The summed E-state index contributed by atoms with van der Waals surface area (Å²) in [6, 6.07) is 0. The van der Waals surface area contributed by atoms with Crippen LogP contribution in [0.2, 0.25) is 0 Å². The third-order valence-corrected chi connectivity index (χ3v) is 5.34. The van der Waals surface area contributed by atoms with Crippen molar-refractivity contribution in [3.8, 4) is 0 Å². The predicted molar refractivity (Wildman–Crippen MR) is 85.7 cm³/mol. The largest absolute Gasteiger partial charge is 0.481 e. The highest BCUT2D eigenvalue weighted by atomic mass is 32.2. The molecule has 0 saturated heterocycles. The molecule has 0 aliphatic heterocycles. The molecule has 1 fully saturated rings. The van der Waals surface area contributed by atoms with Crippen molar-refractivity contribution >= 4 is 17.7 Å². The number of carbonyl (C=O) groups is 1. The minimum atomic E-state index is -0.809. The van der Waals surface area contributed by atoms with E-state index in [9.17, 15) is 4.79 Å². The van der Waals surface area contributed by atoms with E-state index in [1.54, 1.807) is 0 Å². The highest BCUT2D eigenvalue weighted by Crippen LogP contribution is 2.31. The molecule has 1 aromatic heterocycles. The van der Waals surface area contributed by atoms with Crippen molar-refractivity contribution in [2.45, 2.75) is 69.8 Å². The van der Waals surface area contributed by atoms with Crippen LogP contribution in [-0.4, -0.2) is 26.3 Å². The Labute approximate surface area is 130 Å². The Kier molecular flexibility index (Phi) is 6.03. The average molecular weight is 308 g/mol. The van der Waals surface area contributed by atoms with Crippen molar-refractivity contribution in [1.29, 1.82) is 0 Å². The van der Waals surface area contributed by atoms with Crippen molar-refractivity contribution in [2.75, 3.05) is 0 Å². The molecule has 0 atom stereocenters. The Morgan fingerprint density at radius 1 is 1.19 bits per heavy atom. The molecule has 4 nitrogen and oxygen atoms in total.